The van der Waals surface area contributed by atoms with Crippen LogP contribution < -0.4 is 11.1 Å². The molecule has 0 aliphatic carbocycles. The standard InChI is InChI=1S/C13H15N3O3/c14-13(19)15-11(17)8-16-7-10(6-12(16)18)9-4-2-1-3-5-9/h1-5,10H,6-8H2,(H3,14,15,17,19). The molecule has 2 rings (SSSR count). The molecule has 1 fully saturated rings. The molecule has 3 N–H and O–H groups in total. The lowest BCUT2D eigenvalue weighted by Crippen LogP contribution is -2.42. The van der Waals surface area contributed by atoms with Gasteiger partial charge in [0.1, 0.15) is 6.54 Å². The monoisotopic (exact) mass is 261 g/mol. The molecule has 1 atom stereocenters. The van der Waals surface area contributed by atoms with Gasteiger partial charge in [-0.15, -0.1) is 0 Å². The second-order valence-electron chi connectivity index (χ2n) is 4.50. The van der Waals surface area contributed by atoms with Crippen molar-refractivity contribution in [3.63, 3.8) is 0 Å². The van der Waals surface area contributed by atoms with E-state index in [2.05, 4.69) is 0 Å². The summed E-state index contributed by atoms with van der Waals surface area (Å²) in [5.74, 6) is -0.557. The van der Waals surface area contributed by atoms with Gasteiger partial charge < -0.3 is 10.6 Å². The highest BCUT2D eigenvalue weighted by Crippen LogP contribution is 2.27. The fraction of sp³-hybridized carbons (Fsp3) is 0.308. The number of hydrogen-bond acceptors (Lipinski definition) is 3. The molecule has 0 bridgehead atoms. The zero-order valence-corrected chi connectivity index (χ0v) is 10.3. The number of urea groups is 1. The number of nitrogens with zero attached hydrogens (tertiary/aromatic N) is 1. The first-order valence-electron chi connectivity index (χ1n) is 5.98. The number of carbonyl (C=O) groups is 3. The van der Waals surface area contributed by atoms with Gasteiger partial charge in [-0.25, -0.2) is 4.79 Å². The molecule has 19 heavy (non-hydrogen) atoms. The van der Waals surface area contributed by atoms with Crippen LogP contribution in [0.5, 0.6) is 0 Å². The number of nitrogens with one attached hydrogen (secondary N) is 1. The summed E-state index contributed by atoms with van der Waals surface area (Å²) in [6.07, 6.45) is 0.383. The Labute approximate surface area is 110 Å². The summed E-state index contributed by atoms with van der Waals surface area (Å²) >= 11 is 0. The third kappa shape index (κ3) is 3.31. The van der Waals surface area contributed by atoms with E-state index in [1.165, 1.54) is 4.90 Å². The van der Waals surface area contributed by atoms with Crippen LogP contribution in [0, 0.1) is 0 Å². The van der Waals surface area contributed by atoms with Gasteiger partial charge in [0.05, 0.1) is 0 Å². The molecule has 1 aliphatic rings. The van der Waals surface area contributed by atoms with Crippen LogP contribution in [0.2, 0.25) is 0 Å². The summed E-state index contributed by atoms with van der Waals surface area (Å²) in [7, 11) is 0. The summed E-state index contributed by atoms with van der Waals surface area (Å²) in [4.78, 5) is 35.2. The van der Waals surface area contributed by atoms with E-state index in [1.54, 1.807) is 0 Å². The van der Waals surface area contributed by atoms with Crippen LogP contribution >= 0.6 is 0 Å². The minimum atomic E-state index is -0.906. The summed E-state index contributed by atoms with van der Waals surface area (Å²) in [6.45, 7) is 0.347. The van der Waals surface area contributed by atoms with Crippen molar-refractivity contribution in [3.8, 4) is 0 Å². The van der Waals surface area contributed by atoms with Gasteiger partial charge in [-0.3, -0.25) is 14.9 Å². The zero-order chi connectivity index (χ0) is 13.8. The smallest absolute Gasteiger partial charge is 0.318 e. The second kappa shape index (κ2) is 5.51. The van der Waals surface area contributed by atoms with Gasteiger partial charge in [0.2, 0.25) is 11.8 Å². The van der Waals surface area contributed by atoms with Crippen LogP contribution in [0.4, 0.5) is 4.79 Å². The van der Waals surface area contributed by atoms with E-state index in [0.29, 0.717) is 13.0 Å². The number of nitrogens with two attached hydrogens (primary N) is 1. The van der Waals surface area contributed by atoms with E-state index in [0.717, 1.165) is 5.56 Å². The number of rotatable bonds is 3. The predicted molar refractivity (Wildman–Crippen MR) is 68.1 cm³/mol. The maximum absolute atomic E-state index is 11.8. The summed E-state index contributed by atoms with van der Waals surface area (Å²) in [5.41, 5.74) is 5.92. The number of hydrogen-bond donors (Lipinski definition) is 2. The van der Waals surface area contributed by atoms with Gasteiger partial charge in [0.15, 0.2) is 0 Å². The van der Waals surface area contributed by atoms with Crippen molar-refractivity contribution in [3.05, 3.63) is 35.9 Å². The molecule has 0 radical (unpaired) electrons. The van der Waals surface area contributed by atoms with Crippen molar-refractivity contribution in [1.82, 2.24) is 10.2 Å². The van der Waals surface area contributed by atoms with Gasteiger partial charge in [0.25, 0.3) is 0 Å². The Hall–Kier alpha value is -2.37. The van der Waals surface area contributed by atoms with Crippen LogP contribution in [0.25, 0.3) is 0 Å². The van der Waals surface area contributed by atoms with E-state index in [1.807, 2.05) is 35.6 Å². The van der Waals surface area contributed by atoms with Gasteiger partial charge in [0, 0.05) is 18.9 Å². The fourth-order valence-electron chi connectivity index (χ4n) is 2.22. The van der Waals surface area contributed by atoms with Gasteiger partial charge in [-0.05, 0) is 5.56 Å². The Morgan fingerprint density at radius 3 is 2.63 bits per heavy atom. The predicted octanol–water partition coefficient (Wildman–Crippen LogP) is 0.197. The first-order chi connectivity index (χ1) is 9.06. The normalized spacial score (nSPS) is 18.4. The Morgan fingerprint density at radius 2 is 2.00 bits per heavy atom. The molecule has 6 heteroatoms. The third-order valence-electron chi connectivity index (χ3n) is 3.08. The quantitative estimate of drug-likeness (QED) is 0.813. The first kappa shape index (κ1) is 13.1. The van der Waals surface area contributed by atoms with Gasteiger partial charge in [-0.1, -0.05) is 30.3 Å². The second-order valence-corrected chi connectivity index (χ2v) is 4.50. The largest absolute Gasteiger partial charge is 0.351 e. The molecule has 100 valence electrons. The molecule has 1 saturated heterocycles. The Kier molecular flexibility index (Phi) is 3.79. The molecule has 1 unspecified atom stereocenters. The molecule has 4 amide bonds. The first-order valence-corrected chi connectivity index (χ1v) is 5.98. The number of carbonyl (C=O) groups excluding carboxylic acids is 3. The SMILES string of the molecule is NC(=O)NC(=O)CN1CC(c2ccccc2)CC1=O. The van der Waals surface area contributed by atoms with Crippen LogP contribution in [-0.2, 0) is 9.59 Å². The molecule has 0 saturated carbocycles. The molecule has 0 spiro atoms. The lowest BCUT2D eigenvalue weighted by molar-refractivity contribution is -0.132. The highest BCUT2D eigenvalue weighted by molar-refractivity contribution is 5.96. The Morgan fingerprint density at radius 1 is 1.32 bits per heavy atom. The van der Waals surface area contributed by atoms with Crippen molar-refractivity contribution < 1.29 is 14.4 Å². The van der Waals surface area contributed by atoms with Crippen molar-refractivity contribution in [2.24, 2.45) is 5.73 Å². The fourth-order valence-corrected chi connectivity index (χ4v) is 2.22. The molecule has 1 heterocycles. The van der Waals surface area contributed by atoms with Crippen LogP contribution in [0.3, 0.4) is 0 Å². The third-order valence-corrected chi connectivity index (χ3v) is 3.08. The maximum Gasteiger partial charge on any atom is 0.318 e. The van der Waals surface area contributed by atoms with Crippen LogP contribution in [-0.4, -0.2) is 35.8 Å². The zero-order valence-electron chi connectivity index (χ0n) is 10.3. The number of amides is 4. The minimum Gasteiger partial charge on any atom is -0.351 e. The van der Waals surface area contributed by atoms with Crippen molar-refractivity contribution in [2.75, 3.05) is 13.1 Å². The summed E-state index contributed by atoms with van der Waals surface area (Å²) in [5, 5.41) is 1.95. The minimum absolute atomic E-state index is 0.0894. The van der Waals surface area contributed by atoms with E-state index < -0.39 is 11.9 Å². The average molecular weight is 261 g/mol. The van der Waals surface area contributed by atoms with Gasteiger partial charge in [-0.2, -0.15) is 0 Å². The van der Waals surface area contributed by atoms with Crippen LogP contribution in [0.15, 0.2) is 30.3 Å². The number of likely N-dealkylation sites (tertiary alicyclic amines) is 1. The van der Waals surface area contributed by atoms with E-state index in [9.17, 15) is 14.4 Å². The van der Waals surface area contributed by atoms with Crippen LogP contribution in [0.1, 0.15) is 17.9 Å². The molecular formula is C13H15N3O3. The van der Waals surface area contributed by atoms with E-state index in [4.69, 9.17) is 5.73 Å². The number of benzene rings is 1. The highest BCUT2D eigenvalue weighted by Gasteiger charge is 2.31. The van der Waals surface area contributed by atoms with Crippen molar-refractivity contribution in [1.29, 1.82) is 0 Å². The summed E-state index contributed by atoms with van der Waals surface area (Å²) in [6, 6.07) is 8.77. The lowest BCUT2D eigenvalue weighted by Gasteiger charge is -2.15. The molecule has 6 nitrogen and oxygen atoms in total. The van der Waals surface area contributed by atoms with E-state index in [-0.39, 0.29) is 18.4 Å². The maximum atomic E-state index is 11.8. The van der Waals surface area contributed by atoms with Gasteiger partial charge >= 0.3 is 6.03 Å². The molecule has 1 aromatic rings. The summed E-state index contributed by atoms with van der Waals surface area (Å²) < 4.78 is 0. The van der Waals surface area contributed by atoms with Crippen molar-refractivity contribution >= 4 is 17.8 Å². The molecule has 1 aromatic carbocycles. The lowest BCUT2D eigenvalue weighted by atomic mass is 9.99. The number of primary amides is 1. The number of imide groups is 1. The Balaban J connectivity index is 1.96. The molecular weight excluding hydrogens is 246 g/mol. The molecule has 0 aromatic heterocycles. The Bertz CT molecular complexity index is 501. The topological polar surface area (TPSA) is 92.5 Å². The van der Waals surface area contributed by atoms with E-state index >= 15 is 0 Å². The average Bonchev–Trinajstić information content (AvgIpc) is 2.71. The highest BCUT2D eigenvalue weighted by atomic mass is 16.2. The van der Waals surface area contributed by atoms with Crippen molar-refractivity contribution in [2.45, 2.75) is 12.3 Å². The molecule has 1 aliphatic heterocycles.